The van der Waals surface area contributed by atoms with E-state index in [-0.39, 0.29) is 22.8 Å². The minimum atomic E-state index is -5.64. The van der Waals surface area contributed by atoms with E-state index < -0.39 is 158 Å². The highest BCUT2D eigenvalue weighted by atomic mass is 31.2. The first-order chi connectivity index (χ1) is 33.2. The predicted octanol–water partition coefficient (Wildman–Crippen LogP) is -5.31. The molecular formula is C32H43N12O24P3. The number of fused-ring (bicyclic) bond motifs is 1. The molecule has 7 rings (SSSR count). The van der Waals surface area contributed by atoms with Crippen molar-refractivity contribution in [3.8, 4) is 0 Å². The summed E-state index contributed by atoms with van der Waals surface area (Å²) in [4.78, 5) is 109. The lowest BCUT2D eigenvalue weighted by Gasteiger charge is -2.26. The highest BCUT2D eigenvalue weighted by Gasteiger charge is 2.53. The molecule has 15 N–H and O–H groups in total. The van der Waals surface area contributed by atoms with Crippen LogP contribution in [-0.4, -0.2) is 172 Å². The van der Waals surface area contributed by atoms with Crippen LogP contribution >= 0.6 is 23.4 Å². The molecule has 4 aromatic heterocycles. The number of nitrogens with one attached hydrogen (secondary N) is 3. The number of nitrogens with two attached hydrogens (primary N) is 2. The number of hydrogen-bond acceptors (Lipinski definition) is 26. The maximum atomic E-state index is 13.7. The number of H-pyrrole nitrogens is 1. The fourth-order valence-electron chi connectivity index (χ4n) is 7.22. The summed E-state index contributed by atoms with van der Waals surface area (Å²) in [5.41, 5.74) is 7.62. The average molecular weight is 1070 g/mol. The molecule has 3 aliphatic rings. The summed E-state index contributed by atoms with van der Waals surface area (Å²) < 4.78 is 84.5. The predicted molar refractivity (Wildman–Crippen MR) is 227 cm³/mol. The van der Waals surface area contributed by atoms with Crippen molar-refractivity contribution in [2.75, 3.05) is 43.1 Å². The van der Waals surface area contributed by atoms with Gasteiger partial charge in [0.25, 0.3) is 5.56 Å². The number of anilines is 3. The first-order valence-electron chi connectivity index (χ1n) is 20.1. The normalized spacial score (nSPS) is 30.2. The van der Waals surface area contributed by atoms with Crippen molar-refractivity contribution in [2.45, 2.75) is 80.5 Å². The quantitative estimate of drug-likeness (QED) is 0.0368. The SMILES string of the molecule is CC(=O)Nc1ccn([C@@H]2O[C@H](COP(=O)(O)O[C@H]3[C@@H](O)[C@H](n4ccc(N)nc4=O)O[C@@H]3COP(=O)(O)O[C@H]3[C@@H](O)[C@H](n4cnc5c(=O)[nH]c(N)nc54)O[C@@H]3COP(=O)(O)NCC(=O)O)[C@@H](O)[C@H]2O)c(=O)n1. The molecule has 3 fully saturated rings. The molecule has 4 aromatic rings. The third-order valence-corrected chi connectivity index (χ3v) is 13.4. The Hall–Kier alpha value is -5.30. The van der Waals surface area contributed by atoms with Gasteiger partial charge in [0.1, 0.15) is 73.1 Å². The number of aromatic amines is 1. The number of carboxylic acids is 1. The van der Waals surface area contributed by atoms with Crippen molar-refractivity contribution >= 4 is 64.0 Å². The van der Waals surface area contributed by atoms with Crippen LogP contribution < -0.4 is 38.8 Å². The van der Waals surface area contributed by atoms with Crippen LogP contribution in [0.25, 0.3) is 11.2 Å². The Labute approximate surface area is 393 Å². The Bertz CT molecular complexity index is 2980. The molecule has 0 radical (unpaired) electrons. The second kappa shape index (κ2) is 21.0. The molecule has 1 amide bonds. The average Bonchev–Trinajstić information content (AvgIpc) is 4.00. The Morgan fingerprint density at radius 3 is 1.83 bits per heavy atom. The van der Waals surface area contributed by atoms with Crippen molar-refractivity contribution in [1.82, 2.24) is 43.7 Å². The van der Waals surface area contributed by atoms with Crippen LogP contribution in [0.5, 0.6) is 0 Å². The van der Waals surface area contributed by atoms with E-state index in [1.165, 1.54) is 6.07 Å². The number of aromatic nitrogens is 8. The van der Waals surface area contributed by atoms with Crippen molar-refractivity contribution in [1.29, 1.82) is 0 Å². The summed E-state index contributed by atoms with van der Waals surface area (Å²) in [6.07, 6.45) is -20.0. The monoisotopic (exact) mass is 1070 g/mol. The van der Waals surface area contributed by atoms with Gasteiger partial charge in [-0.2, -0.15) is 15.0 Å². The zero-order chi connectivity index (χ0) is 51.9. The van der Waals surface area contributed by atoms with E-state index in [9.17, 15) is 72.8 Å². The third kappa shape index (κ3) is 12.3. The van der Waals surface area contributed by atoms with Crippen LogP contribution in [0.2, 0.25) is 0 Å². The second-order valence-electron chi connectivity index (χ2n) is 15.4. The second-order valence-corrected chi connectivity index (χ2v) is 19.8. The van der Waals surface area contributed by atoms with Gasteiger partial charge in [0.2, 0.25) is 11.9 Å². The number of aliphatic hydroxyl groups is 4. The molecule has 0 bridgehead atoms. The number of nitrogens with zero attached hydrogens (tertiary/aromatic N) is 7. The standard InChI is InChI=1S/C32H43N12O24P3/c1-11(45)37-16-3-5-43(32(54)39-16)27-20(49)19(48)12(64-27)7-62-70(57,58)68-24-14(65-28(21(24)50)42-4-2-15(33)38-31(42)53)9-63-71(59,60)67-23-13(8-61-69(55,56)36-6-17(46)47)66-29(22(23)51)44-10-35-18-25(44)40-30(34)41-26(18)52/h2-5,10,12-14,19-24,27-29,48-51H,6-9H2,1H3,(H,46,47)(H,57,58)(H,59,60)(H2,33,38,53)(H2,36,55,56)(H3,34,40,41,52)(H,37,39,45,54)/t12-,13-,14-,19-,20-,21-,22-,23-,24-,27-,28-,29-/m1/s1. The number of hydrogen-bond donors (Lipinski definition) is 13. The molecular weight excluding hydrogens is 1030 g/mol. The lowest BCUT2D eigenvalue weighted by molar-refractivity contribution is -0.135. The molecule has 0 aromatic carbocycles. The highest BCUT2D eigenvalue weighted by Crippen LogP contribution is 2.52. The van der Waals surface area contributed by atoms with Gasteiger partial charge in [0, 0.05) is 19.3 Å². The van der Waals surface area contributed by atoms with Crippen LogP contribution in [0.15, 0.2) is 45.2 Å². The Kier molecular flexibility index (Phi) is 15.9. The molecule has 390 valence electrons. The molecule has 71 heavy (non-hydrogen) atoms. The largest absolute Gasteiger partial charge is 0.480 e. The molecule has 7 heterocycles. The molecule has 3 aliphatic heterocycles. The molecule has 3 unspecified atom stereocenters. The maximum absolute atomic E-state index is 13.7. The van der Waals surface area contributed by atoms with E-state index in [4.69, 9.17) is 53.4 Å². The van der Waals surface area contributed by atoms with E-state index >= 15 is 0 Å². The van der Waals surface area contributed by atoms with E-state index in [0.29, 0.717) is 4.57 Å². The van der Waals surface area contributed by atoms with Crippen LogP contribution in [0.3, 0.4) is 0 Å². The lowest BCUT2D eigenvalue weighted by Crippen LogP contribution is -2.38. The fourth-order valence-corrected chi connectivity index (χ4v) is 9.92. The number of carboxylic acid groups (broad SMARTS) is 1. The topological polar surface area (TPSA) is 530 Å². The number of amides is 1. The Morgan fingerprint density at radius 2 is 1.27 bits per heavy atom. The van der Waals surface area contributed by atoms with E-state index in [1.807, 2.05) is 0 Å². The zero-order valence-electron chi connectivity index (χ0n) is 35.9. The Morgan fingerprint density at radius 1 is 0.746 bits per heavy atom. The van der Waals surface area contributed by atoms with Gasteiger partial charge in [-0.25, -0.2) is 33.4 Å². The van der Waals surface area contributed by atoms with E-state index in [0.717, 1.165) is 40.8 Å². The minimum Gasteiger partial charge on any atom is -0.480 e. The lowest BCUT2D eigenvalue weighted by atomic mass is 10.1. The first-order valence-corrected chi connectivity index (χ1v) is 24.7. The van der Waals surface area contributed by atoms with Crippen molar-refractivity contribution in [3.05, 3.63) is 62.2 Å². The van der Waals surface area contributed by atoms with Crippen LogP contribution in [0, 0.1) is 0 Å². The number of carbonyl (C=O) groups excluding carboxylic acids is 1. The maximum Gasteiger partial charge on any atom is 0.472 e. The molecule has 0 aliphatic carbocycles. The van der Waals surface area contributed by atoms with Gasteiger partial charge in [-0.3, -0.25) is 55.7 Å². The number of phosphoric acid groups is 2. The van der Waals surface area contributed by atoms with Gasteiger partial charge < -0.3 is 71.2 Å². The van der Waals surface area contributed by atoms with Crippen LogP contribution in [-0.2, 0) is 60.1 Å². The molecule has 0 saturated carbocycles. The molecule has 3 saturated heterocycles. The summed E-state index contributed by atoms with van der Waals surface area (Å²) in [7, 11) is -16.1. The number of aliphatic carboxylic acids is 1. The molecule has 39 heteroatoms. The van der Waals surface area contributed by atoms with Gasteiger partial charge >= 0.3 is 40.7 Å². The minimum absolute atomic E-state index is 0.149. The number of rotatable bonds is 20. The van der Waals surface area contributed by atoms with Gasteiger partial charge in [0.05, 0.1) is 26.1 Å². The van der Waals surface area contributed by atoms with Gasteiger partial charge in [-0.05, 0) is 12.1 Å². The van der Waals surface area contributed by atoms with Gasteiger partial charge in [0.15, 0.2) is 29.8 Å². The molecule has 0 spiro atoms. The first kappa shape index (κ1) is 53.5. The number of aliphatic hydroxyl groups excluding tert-OH is 4. The summed E-state index contributed by atoms with van der Waals surface area (Å²) >= 11 is 0. The summed E-state index contributed by atoms with van der Waals surface area (Å²) in [5, 5.41) is 57.1. The number of nitrogen functional groups attached to an aromatic ring is 2. The van der Waals surface area contributed by atoms with Gasteiger partial charge in [-0.15, -0.1) is 0 Å². The number of carbonyl (C=O) groups is 2. The zero-order valence-corrected chi connectivity index (χ0v) is 38.6. The van der Waals surface area contributed by atoms with Crippen molar-refractivity contribution < 1.29 is 100 Å². The van der Waals surface area contributed by atoms with Crippen LogP contribution in [0.4, 0.5) is 17.6 Å². The summed E-state index contributed by atoms with van der Waals surface area (Å²) in [6.45, 7) is -3.30. The van der Waals surface area contributed by atoms with Crippen molar-refractivity contribution in [3.63, 3.8) is 0 Å². The third-order valence-electron chi connectivity index (χ3n) is 10.4. The van der Waals surface area contributed by atoms with Crippen LogP contribution in [0.1, 0.15) is 25.6 Å². The molecule has 36 nitrogen and oxygen atoms in total. The van der Waals surface area contributed by atoms with Gasteiger partial charge in [-0.1, -0.05) is 0 Å². The number of imidazole rings is 1. The highest BCUT2D eigenvalue weighted by molar-refractivity contribution is 7.50. The Balaban J connectivity index is 1.08. The summed E-state index contributed by atoms with van der Waals surface area (Å²) in [6, 6.07) is 2.27. The smallest absolute Gasteiger partial charge is 0.472 e. The fraction of sp³-hybridized carbons (Fsp3) is 0.531. The molecule has 15 atom stereocenters. The van der Waals surface area contributed by atoms with E-state index in [1.54, 1.807) is 5.09 Å². The van der Waals surface area contributed by atoms with E-state index in [2.05, 4.69) is 30.2 Å². The number of ether oxygens (including phenoxy) is 3. The number of phosphoric ester groups is 2. The summed E-state index contributed by atoms with van der Waals surface area (Å²) in [5.74, 6) is -2.95. The van der Waals surface area contributed by atoms with Crippen molar-refractivity contribution in [2.24, 2.45) is 0 Å².